The second-order valence-electron chi connectivity index (χ2n) is 5.86. The van der Waals surface area contributed by atoms with Crippen LogP contribution in [0.2, 0.25) is 5.02 Å². The van der Waals surface area contributed by atoms with Crippen molar-refractivity contribution in [1.82, 2.24) is 10.6 Å². The van der Waals surface area contributed by atoms with Gasteiger partial charge in [0.15, 0.2) is 5.78 Å². The first-order valence-corrected chi connectivity index (χ1v) is 7.96. The van der Waals surface area contributed by atoms with Gasteiger partial charge in [-0.3, -0.25) is 4.79 Å². The van der Waals surface area contributed by atoms with Gasteiger partial charge in [0, 0.05) is 16.3 Å². The number of urea groups is 1. The zero-order valence-corrected chi connectivity index (χ0v) is 13.9. The number of carbonyl (C=O) groups is 2. The van der Waals surface area contributed by atoms with Crippen molar-refractivity contribution < 1.29 is 9.59 Å². The zero-order chi connectivity index (χ0) is 17.3. The number of nitrogens with one attached hydrogen (secondary N) is 2. The molecule has 4 nitrogen and oxygen atoms in total. The lowest BCUT2D eigenvalue weighted by atomic mass is 9.83. The van der Waals surface area contributed by atoms with Crippen LogP contribution in [0.1, 0.15) is 27.5 Å². The largest absolute Gasteiger partial charge is 0.330 e. The topological polar surface area (TPSA) is 58.2 Å². The molecule has 1 aliphatic rings. The third-order valence-electron chi connectivity index (χ3n) is 4.08. The Labute approximate surface area is 145 Å². The fraction of sp³-hybridized carbons (Fsp3) is 0.158. The summed E-state index contributed by atoms with van der Waals surface area (Å²) in [5, 5.41) is 6.02. The van der Waals surface area contributed by atoms with Crippen molar-refractivity contribution in [2.45, 2.75) is 13.0 Å². The van der Waals surface area contributed by atoms with E-state index in [9.17, 15) is 9.59 Å². The van der Waals surface area contributed by atoms with Gasteiger partial charge in [-0.2, -0.15) is 0 Å². The van der Waals surface area contributed by atoms with Crippen LogP contribution in [0.4, 0.5) is 4.79 Å². The molecule has 24 heavy (non-hydrogen) atoms. The highest BCUT2D eigenvalue weighted by molar-refractivity contribution is 6.30. The van der Waals surface area contributed by atoms with Gasteiger partial charge in [-0.05, 0) is 36.8 Å². The molecule has 2 atom stereocenters. The Morgan fingerprint density at radius 2 is 1.88 bits per heavy atom. The fourth-order valence-corrected chi connectivity index (χ4v) is 3.05. The smallest absolute Gasteiger partial charge is 0.319 e. The summed E-state index contributed by atoms with van der Waals surface area (Å²) >= 11 is 5.89. The van der Waals surface area contributed by atoms with Crippen molar-refractivity contribution in [2.24, 2.45) is 5.92 Å². The zero-order valence-electron chi connectivity index (χ0n) is 13.2. The molecule has 0 bridgehead atoms. The minimum atomic E-state index is -0.592. The third-order valence-corrected chi connectivity index (χ3v) is 4.33. The van der Waals surface area contributed by atoms with E-state index in [1.807, 2.05) is 31.2 Å². The van der Waals surface area contributed by atoms with Crippen molar-refractivity contribution in [2.75, 3.05) is 0 Å². The number of carbonyl (C=O) groups excluding carboxylic acids is 2. The summed E-state index contributed by atoms with van der Waals surface area (Å²) < 4.78 is 0. The molecular formula is C19H17ClN2O2. The van der Waals surface area contributed by atoms with E-state index < -0.39 is 12.0 Å². The lowest BCUT2D eigenvalue weighted by Gasteiger charge is -2.34. The number of halogens is 1. The number of aryl methyl sites for hydroxylation is 1. The Balaban J connectivity index is 2.00. The summed E-state index contributed by atoms with van der Waals surface area (Å²) in [6.07, 6.45) is 0. The molecule has 2 N–H and O–H groups in total. The molecule has 5 heteroatoms. The van der Waals surface area contributed by atoms with Crippen LogP contribution in [-0.4, -0.2) is 11.8 Å². The van der Waals surface area contributed by atoms with Crippen molar-refractivity contribution in [3.63, 3.8) is 0 Å². The van der Waals surface area contributed by atoms with Crippen LogP contribution in [0.25, 0.3) is 0 Å². The van der Waals surface area contributed by atoms with Crippen LogP contribution in [0.15, 0.2) is 60.8 Å². The van der Waals surface area contributed by atoms with Gasteiger partial charge in [0.25, 0.3) is 0 Å². The van der Waals surface area contributed by atoms with Gasteiger partial charge >= 0.3 is 6.03 Å². The third kappa shape index (κ3) is 3.19. The van der Waals surface area contributed by atoms with Crippen LogP contribution in [-0.2, 0) is 0 Å². The van der Waals surface area contributed by atoms with Crippen molar-refractivity contribution in [3.8, 4) is 0 Å². The number of benzene rings is 2. The van der Waals surface area contributed by atoms with Gasteiger partial charge in [-0.25, -0.2) is 4.79 Å². The van der Waals surface area contributed by atoms with Crippen LogP contribution >= 0.6 is 11.6 Å². The molecule has 1 aliphatic heterocycles. The SMILES string of the molecule is C=C1NC(=O)N[C@@H](c2cccc(C)c2)[C@@H]1C(=O)c1ccc(Cl)cc1. The first kappa shape index (κ1) is 16.3. The van der Waals surface area contributed by atoms with E-state index in [-0.39, 0.29) is 11.8 Å². The maximum absolute atomic E-state index is 13.0. The Bertz CT molecular complexity index is 814. The Kier molecular flexibility index (Phi) is 4.40. The molecule has 1 fully saturated rings. The average Bonchev–Trinajstić information content (AvgIpc) is 2.54. The minimum absolute atomic E-state index is 0.115. The first-order chi connectivity index (χ1) is 11.5. The molecule has 0 aliphatic carbocycles. The fourth-order valence-electron chi connectivity index (χ4n) is 2.93. The minimum Gasteiger partial charge on any atom is -0.330 e. The molecule has 2 amide bonds. The summed E-state index contributed by atoms with van der Waals surface area (Å²) in [5.74, 6) is -0.707. The van der Waals surface area contributed by atoms with E-state index >= 15 is 0 Å². The van der Waals surface area contributed by atoms with Gasteiger partial charge in [0.05, 0.1) is 12.0 Å². The molecule has 2 aromatic carbocycles. The average molecular weight is 341 g/mol. The monoisotopic (exact) mass is 340 g/mol. The lowest BCUT2D eigenvalue weighted by molar-refractivity contribution is 0.0905. The van der Waals surface area contributed by atoms with Crippen molar-refractivity contribution in [1.29, 1.82) is 0 Å². The van der Waals surface area contributed by atoms with E-state index in [4.69, 9.17) is 11.6 Å². The summed E-state index contributed by atoms with van der Waals surface area (Å²) in [4.78, 5) is 24.9. The molecule has 1 saturated heterocycles. The van der Waals surface area contributed by atoms with Crippen molar-refractivity contribution in [3.05, 3.63) is 82.5 Å². The van der Waals surface area contributed by atoms with Crippen LogP contribution in [0, 0.1) is 12.8 Å². The van der Waals surface area contributed by atoms with E-state index in [1.54, 1.807) is 24.3 Å². The highest BCUT2D eigenvalue weighted by Crippen LogP contribution is 2.32. The van der Waals surface area contributed by atoms with E-state index in [0.29, 0.717) is 16.3 Å². The highest BCUT2D eigenvalue weighted by atomic mass is 35.5. The summed E-state index contributed by atoms with van der Waals surface area (Å²) in [6, 6.07) is 13.6. The quantitative estimate of drug-likeness (QED) is 0.829. The van der Waals surface area contributed by atoms with Gasteiger partial charge in [-0.15, -0.1) is 0 Å². The number of amides is 2. The molecule has 0 aromatic heterocycles. The molecule has 0 unspecified atom stereocenters. The summed E-state index contributed by atoms with van der Waals surface area (Å²) in [6.45, 7) is 5.86. The van der Waals surface area contributed by atoms with Crippen LogP contribution in [0.5, 0.6) is 0 Å². The Hall–Kier alpha value is -2.59. The van der Waals surface area contributed by atoms with Gasteiger partial charge in [0.1, 0.15) is 0 Å². The molecule has 3 rings (SSSR count). The molecular weight excluding hydrogens is 324 g/mol. The van der Waals surface area contributed by atoms with E-state index in [2.05, 4.69) is 17.2 Å². The number of ketones is 1. The predicted octanol–water partition coefficient (Wildman–Crippen LogP) is 4.02. The van der Waals surface area contributed by atoms with Crippen molar-refractivity contribution >= 4 is 23.4 Å². The number of hydrogen-bond donors (Lipinski definition) is 2. The maximum atomic E-state index is 13.0. The summed E-state index contributed by atoms with van der Waals surface area (Å²) in [5.41, 5.74) is 2.85. The predicted molar refractivity (Wildman–Crippen MR) is 94.0 cm³/mol. The van der Waals surface area contributed by atoms with Gasteiger partial charge in [-0.1, -0.05) is 48.0 Å². The van der Waals surface area contributed by atoms with Crippen LogP contribution in [0.3, 0.4) is 0 Å². The second-order valence-corrected chi connectivity index (χ2v) is 6.30. The van der Waals surface area contributed by atoms with E-state index in [1.165, 1.54) is 0 Å². The Morgan fingerprint density at radius 1 is 1.17 bits per heavy atom. The molecule has 122 valence electrons. The molecule has 2 aromatic rings. The highest BCUT2D eigenvalue weighted by Gasteiger charge is 2.38. The molecule has 1 heterocycles. The van der Waals surface area contributed by atoms with Gasteiger partial charge in [0.2, 0.25) is 0 Å². The normalized spacial score (nSPS) is 20.2. The maximum Gasteiger partial charge on any atom is 0.319 e. The Morgan fingerprint density at radius 3 is 2.54 bits per heavy atom. The van der Waals surface area contributed by atoms with Crippen LogP contribution < -0.4 is 10.6 Å². The lowest BCUT2D eigenvalue weighted by Crippen LogP contribution is -2.50. The number of rotatable bonds is 3. The summed E-state index contributed by atoms with van der Waals surface area (Å²) in [7, 11) is 0. The number of Topliss-reactive ketones (excluding diaryl/α,β-unsaturated/α-hetero) is 1. The number of hydrogen-bond acceptors (Lipinski definition) is 2. The molecule has 0 radical (unpaired) electrons. The molecule has 0 spiro atoms. The standard InChI is InChI=1S/C19H17ClN2O2/c1-11-4-3-5-14(10-11)17-16(12(2)21-19(24)22-17)18(23)13-6-8-15(20)9-7-13/h3-10,16-17H,2H2,1H3,(H2,21,22,24)/t16-,17+/m1/s1. The molecule has 0 saturated carbocycles. The second kappa shape index (κ2) is 6.49. The van der Waals surface area contributed by atoms with E-state index in [0.717, 1.165) is 11.1 Å². The first-order valence-electron chi connectivity index (χ1n) is 7.58. The van der Waals surface area contributed by atoms with Gasteiger partial charge < -0.3 is 10.6 Å².